The Morgan fingerprint density at radius 1 is 1.17 bits per heavy atom. The molecule has 0 heterocycles. The molecule has 0 fully saturated rings. The molecule has 3 unspecified atom stereocenters. The van der Waals surface area contributed by atoms with Crippen LogP contribution in [0.15, 0.2) is 12.1 Å². The predicted molar refractivity (Wildman–Crippen MR) is 76.9 cm³/mol. The SMILES string of the molecule is CCC(C)C(C)NC(C)c1cc(F)c(Cl)cc1Cl. The van der Waals surface area contributed by atoms with Gasteiger partial charge in [-0.3, -0.25) is 0 Å². The highest BCUT2D eigenvalue weighted by Crippen LogP contribution is 2.29. The van der Waals surface area contributed by atoms with Gasteiger partial charge in [0.05, 0.1) is 5.02 Å². The van der Waals surface area contributed by atoms with Gasteiger partial charge in [0.25, 0.3) is 0 Å². The average Bonchev–Trinajstić information content (AvgIpc) is 2.32. The summed E-state index contributed by atoms with van der Waals surface area (Å²) >= 11 is 11.8. The van der Waals surface area contributed by atoms with E-state index in [1.165, 1.54) is 12.1 Å². The summed E-state index contributed by atoms with van der Waals surface area (Å²) in [5.74, 6) is 0.129. The molecule has 0 aromatic heterocycles. The van der Waals surface area contributed by atoms with Crippen LogP contribution in [-0.4, -0.2) is 6.04 Å². The Hall–Kier alpha value is -0.310. The van der Waals surface area contributed by atoms with Gasteiger partial charge in [0.1, 0.15) is 5.82 Å². The van der Waals surface area contributed by atoms with Crippen LogP contribution in [0.25, 0.3) is 0 Å². The zero-order valence-corrected chi connectivity index (χ0v) is 12.7. The fourth-order valence-electron chi connectivity index (χ4n) is 1.87. The second kappa shape index (κ2) is 6.74. The minimum atomic E-state index is -0.430. The van der Waals surface area contributed by atoms with Crippen molar-refractivity contribution < 1.29 is 4.39 Å². The van der Waals surface area contributed by atoms with Crippen LogP contribution in [0.1, 0.15) is 45.7 Å². The summed E-state index contributed by atoms with van der Waals surface area (Å²) in [4.78, 5) is 0. The molecule has 0 bridgehead atoms. The van der Waals surface area contributed by atoms with Gasteiger partial charge in [-0.2, -0.15) is 0 Å². The first-order chi connectivity index (χ1) is 8.36. The maximum absolute atomic E-state index is 13.5. The summed E-state index contributed by atoms with van der Waals surface area (Å²) in [5.41, 5.74) is 0.744. The lowest BCUT2D eigenvalue weighted by atomic mass is 9.98. The van der Waals surface area contributed by atoms with Crippen molar-refractivity contribution in [1.82, 2.24) is 5.32 Å². The van der Waals surface area contributed by atoms with Gasteiger partial charge in [-0.05, 0) is 37.5 Å². The summed E-state index contributed by atoms with van der Waals surface area (Å²) < 4.78 is 13.5. The predicted octanol–water partition coefficient (Wildman–Crippen LogP) is 5.22. The summed E-state index contributed by atoms with van der Waals surface area (Å²) in [6.07, 6.45) is 1.10. The Bertz CT molecular complexity index is 409. The lowest BCUT2D eigenvalue weighted by molar-refractivity contribution is 0.360. The third-order valence-electron chi connectivity index (χ3n) is 3.52. The molecule has 0 saturated heterocycles. The molecule has 0 aliphatic heterocycles. The molecule has 3 atom stereocenters. The molecule has 1 aromatic carbocycles. The lowest BCUT2D eigenvalue weighted by Gasteiger charge is -2.25. The fraction of sp³-hybridized carbons (Fsp3) is 0.571. The van der Waals surface area contributed by atoms with Crippen molar-refractivity contribution in [2.24, 2.45) is 5.92 Å². The van der Waals surface area contributed by atoms with Crippen molar-refractivity contribution in [2.75, 3.05) is 0 Å². The van der Waals surface area contributed by atoms with E-state index < -0.39 is 5.82 Å². The van der Waals surface area contributed by atoms with Crippen LogP contribution < -0.4 is 5.32 Å². The molecule has 0 radical (unpaired) electrons. The standard InChI is InChI=1S/C14H20Cl2FN/c1-5-8(2)9(3)18-10(4)11-6-14(17)13(16)7-12(11)15/h6-10,18H,5H2,1-4H3. The van der Waals surface area contributed by atoms with Crippen molar-refractivity contribution in [1.29, 1.82) is 0 Å². The first-order valence-electron chi connectivity index (χ1n) is 6.27. The third kappa shape index (κ3) is 3.84. The minimum Gasteiger partial charge on any atom is -0.307 e. The largest absolute Gasteiger partial charge is 0.307 e. The summed E-state index contributed by atoms with van der Waals surface area (Å²) in [7, 11) is 0. The van der Waals surface area contributed by atoms with Crippen LogP contribution in [0.4, 0.5) is 4.39 Å². The van der Waals surface area contributed by atoms with Gasteiger partial charge in [-0.15, -0.1) is 0 Å². The topological polar surface area (TPSA) is 12.0 Å². The molecule has 102 valence electrons. The molecule has 0 aliphatic rings. The monoisotopic (exact) mass is 291 g/mol. The maximum atomic E-state index is 13.5. The molecule has 1 rings (SSSR count). The number of hydrogen-bond acceptors (Lipinski definition) is 1. The van der Waals surface area contributed by atoms with Crippen molar-refractivity contribution in [2.45, 2.75) is 46.2 Å². The van der Waals surface area contributed by atoms with Gasteiger partial charge < -0.3 is 5.32 Å². The number of rotatable bonds is 5. The molecule has 0 spiro atoms. The number of benzene rings is 1. The summed E-state index contributed by atoms with van der Waals surface area (Å²) in [6.45, 7) is 8.45. The smallest absolute Gasteiger partial charge is 0.142 e. The zero-order valence-electron chi connectivity index (χ0n) is 11.2. The fourth-order valence-corrected chi connectivity index (χ4v) is 2.42. The second-order valence-corrected chi connectivity index (χ2v) is 5.66. The highest BCUT2D eigenvalue weighted by Gasteiger charge is 2.17. The molecule has 0 saturated carbocycles. The Labute approximate surface area is 119 Å². The van der Waals surface area contributed by atoms with Crippen LogP contribution >= 0.6 is 23.2 Å². The van der Waals surface area contributed by atoms with E-state index in [0.29, 0.717) is 17.0 Å². The van der Waals surface area contributed by atoms with Crippen molar-refractivity contribution in [3.63, 3.8) is 0 Å². The van der Waals surface area contributed by atoms with Crippen LogP contribution in [-0.2, 0) is 0 Å². The van der Waals surface area contributed by atoms with Gasteiger partial charge in [-0.25, -0.2) is 4.39 Å². The normalized spacial score (nSPS) is 16.4. The Morgan fingerprint density at radius 3 is 2.33 bits per heavy atom. The van der Waals surface area contributed by atoms with E-state index in [4.69, 9.17) is 23.2 Å². The Morgan fingerprint density at radius 2 is 1.78 bits per heavy atom. The molecule has 1 N–H and O–H groups in total. The molecule has 1 nitrogen and oxygen atoms in total. The van der Waals surface area contributed by atoms with E-state index in [1.54, 1.807) is 0 Å². The Balaban J connectivity index is 2.84. The van der Waals surface area contributed by atoms with Gasteiger partial charge >= 0.3 is 0 Å². The van der Waals surface area contributed by atoms with Crippen LogP contribution in [0, 0.1) is 11.7 Å². The van der Waals surface area contributed by atoms with Crippen LogP contribution in [0.3, 0.4) is 0 Å². The molecule has 18 heavy (non-hydrogen) atoms. The first kappa shape index (κ1) is 15.7. The van der Waals surface area contributed by atoms with Gasteiger partial charge in [0, 0.05) is 17.1 Å². The van der Waals surface area contributed by atoms with E-state index in [-0.39, 0.29) is 11.1 Å². The average molecular weight is 292 g/mol. The highest BCUT2D eigenvalue weighted by molar-refractivity contribution is 6.35. The molecule has 0 aliphatic carbocycles. The number of nitrogens with one attached hydrogen (secondary N) is 1. The highest BCUT2D eigenvalue weighted by atomic mass is 35.5. The minimum absolute atomic E-state index is 0.00623. The van der Waals surface area contributed by atoms with E-state index in [0.717, 1.165) is 12.0 Å². The molecule has 0 amide bonds. The van der Waals surface area contributed by atoms with Gasteiger partial charge in [-0.1, -0.05) is 43.5 Å². The molecular weight excluding hydrogens is 272 g/mol. The van der Waals surface area contributed by atoms with Gasteiger partial charge in [0.2, 0.25) is 0 Å². The van der Waals surface area contributed by atoms with Crippen molar-refractivity contribution in [3.8, 4) is 0 Å². The Kier molecular flexibility index (Phi) is 5.90. The summed E-state index contributed by atoms with van der Waals surface area (Å²) in [6, 6.07) is 3.21. The van der Waals surface area contributed by atoms with Gasteiger partial charge in [0.15, 0.2) is 0 Å². The lowest BCUT2D eigenvalue weighted by Crippen LogP contribution is -2.34. The van der Waals surface area contributed by atoms with E-state index in [9.17, 15) is 4.39 Å². The second-order valence-electron chi connectivity index (χ2n) is 4.85. The molecular formula is C14H20Cl2FN. The first-order valence-corrected chi connectivity index (χ1v) is 7.02. The van der Waals surface area contributed by atoms with Crippen molar-refractivity contribution >= 4 is 23.2 Å². The van der Waals surface area contributed by atoms with E-state index in [2.05, 4.69) is 26.1 Å². The molecule has 1 aromatic rings. The van der Waals surface area contributed by atoms with Crippen molar-refractivity contribution in [3.05, 3.63) is 33.6 Å². The van der Waals surface area contributed by atoms with Crippen LogP contribution in [0.2, 0.25) is 10.0 Å². The van der Waals surface area contributed by atoms with E-state index in [1.807, 2.05) is 6.92 Å². The number of halogens is 3. The third-order valence-corrected chi connectivity index (χ3v) is 4.13. The van der Waals surface area contributed by atoms with Crippen LogP contribution in [0.5, 0.6) is 0 Å². The molecule has 4 heteroatoms. The maximum Gasteiger partial charge on any atom is 0.142 e. The number of hydrogen-bond donors (Lipinski definition) is 1. The zero-order chi connectivity index (χ0) is 13.9. The summed E-state index contributed by atoms with van der Waals surface area (Å²) in [5, 5.41) is 4.00. The quantitative estimate of drug-likeness (QED) is 0.734. The van der Waals surface area contributed by atoms with E-state index >= 15 is 0 Å².